The highest BCUT2D eigenvalue weighted by Gasteiger charge is 2.22. The van der Waals surface area contributed by atoms with Crippen LogP contribution in [0.3, 0.4) is 0 Å². The predicted octanol–water partition coefficient (Wildman–Crippen LogP) is 1.48. The van der Waals surface area contributed by atoms with E-state index in [1.165, 1.54) is 19.2 Å². The number of sulfonamides is 1. The molecule has 1 amide bonds. The molecule has 1 atom stereocenters. The van der Waals surface area contributed by atoms with E-state index in [4.69, 9.17) is 4.74 Å². The Labute approximate surface area is 137 Å². The van der Waals surface area contributed by atoms with Gasteiger partial charge in [0, 0.05) is 32.3 Å². The standard InChI is InChI=1S/C16H24N2O4S/c1-13-4-3-10-18(12-13)16(19)14-5-7-15(8-6-14)23(20,21)17-9-11-22-2/h5-8,13,17H,3-4,9-12H2,1-2H3/t13-/m1/s1. The summed E-state index contributed by atoms with van der Waals surface area (Å²) in [4.78, 5) is 14.5. The summed E-state index contributed by atoms with van der Waals surface area (Å²) in [5, 5.41) is 0. The summed E-state index contributed by atoms with van der Waals surface area (Å²) in [5.41, 5.74) is 0.523. The normalized spacial score (nSPS) is 18.9. The molecular formula is C16H24N2O4S. The Hall–Kier alpha value is -1.44. The van der Waals surface area contributed by atoms with E-state index in [9.17, 15) is 13.2 Å². The molecule has 1 fully saturated rings. The van der Waals surface area contributed by atoms with Gasteiger partial charge in [-0.2, -0.15) is 0 Å². The molecule has 23 heavy (non-hydrogen) atoms. The molecule has 6 nitrogen and oxygen atoms in total. The van der Waals surface area contributed by atoms with E-state index < -0.39 is 10.0 Å². The van der Waals surface area contributed by atoms with Gasteiger partial charge in [-0.1, -0.05) is 6.92 Å². The van der Waals surface area contributed by atoms with Gasteiger partial charge < -0.3 is 9.64 Å². The molecule has 0 bridgehead atoms. The smallest absolute Gasteiger partial charge is 0.253 e. The van der Waals surface area contributed by atoms with Crippen molar-refractivity contribution in [2.45, 2.75) is 24.7 Å². The Morgan fingerprint density at radius 3 is 2.65 bits per heavy atom. The van der Waals surface area contributed by atoms with Gasteiger partial charge >= 0.3 is 0 Å². The number of hydrogen-bond donors (Lipinski definition) is 1. The van der Waals surface area contributed by atoms with Gasteiger partial charge in [-0.05, 0) is 43.0 Å². The minimum Gasteiger partial charge on any atom is -0.383 e. The lowest BCUT2D eigenvalue weighted by atomic mass is 9.99. The van der Waals surface area contributed by atoms with Crippen LogP contribution in [0.4, 0.5) is 0 Å². The highest BCUT2D eigenvalue weighted by molar-refractivity contribution is 7.89. The molecular weight excluding hydrogens is 316 g/mol. The number of ether oxygens (including phenoxy) is 1. The third kappa shape index (κ3) is 4.76. The average Bonchev–Trinajstić information content (AvgIpc) is 2.54. The summed E-state index contributed by atoms with van der Waals surface area (Å²) in [6, 6.07) is 6.09. The van der Waals surface area contributed by atoms with Crippen LogP contribution in [0.1, 0.15) is 30.1 Å². The molecule has 0 aliphatic carbocycles. The highest BCUT2D eigenvalue weighted by Crippen LogP contribution is 2.19. The molecule has 1 N–H and O–H groups in total. The summed E-state index contributed by atoms with van der Waals surface area (Å²) in [7, 11) is -2.05. The Kier molecular flexibility index (Phi) is 6.15. The Bertz CT molecular complexity index is 628. The lowest BCUT2D eigenvalue weighted by Gasteiger charge is -2.31. The fourth-order valence-corrected chi connectivity index (χ4v) is 3.71. The van der Waals surface area contributed by atoms with Crippen molar-refractivity contribution in [2.24, 2.45) is 5.92 Å². The molecule has 1 heterocycles. The van der Waals surface area contributed by atoms with Crippen LogP contribution in [0.2, 0.25) is 0 Å². The van der Waals surface area contributed by atoms with E-state index in [1.54, 1.807) is 12.1 Å². The van der Waals surface area contributed by atoms with Crippen molar-refractivity contribution in [3.63, 3.8) is 0 Å². The minimum absolute atomic E-state index is 0.0344. The second kappa shape index (κ2) is 7.90. The number of rotatable bonds is 6. The van der Waals surface area contributed by atoms with Gasteiger partial charge in [0.1, 0.15) is 0 Å². The van der Waals surface area contributed by atoms with Crippen molar-refractivity contribution in [2.75, 3.05) is 33.4 Å². The van der Waals surface area contributed by atoms with E-state index in [0.717, 1.165) is 25.9 Å². The first kappa shape index (κ1) is 17.9. The quantitative estimate of drug-likeness (QED) is 0.796. The van der Waals surface area contributed by atoms with Crippen LogP contribution in [-0.2, 0) is 14.8 Å². The number of amides is 1. The fourth-order valence-electron chi connectivity index (χ4n) is 2.69. The maximum atomic E-state index is 12.5. The molecule has 0 unspecified atom stereocenters. The van der Waals surface area contributed by atoms with E-state index in [0.29, 0.717) is 18.1 Å². The number of methoxy groups -OCH3 is 1. The summed E-state index contributed by atoms with van der Waals surface area (Å²) < 4.78 is 31.4. The molecule has 128 valence electrons. The minimum atomic E-state index is -3.56. The first-order chi connectivity index (χ1) is 10.9. The van der Waals surface area contributed by atoms with Gasteiger partial charge in [0.15, 0.2) is 0 Å². The summed E-state index contributed by atoms with van der Waals surface area (Å²) in [6.07, 6.45) is 2.16. The second-order valence-corrected chi connectivity index (χ2v) is 7.68. The van der Waals surface area contributed by atoms with Crippen molar-refractivity contribution in [1.82, 2.24) is 9.62 Å². The lowest BCUT2D eigenvalue weighted by molar-refractivity contribution is 0.0683. The zero-order valence-corrected chi connectivity index (χ0v) is 14.4. The van der Waals surface area contributed by atoms with E-state index >= 15 is 0 Å². The van der Waals surface area contributed by atoms with Crippen LogP contribution in [-0.4, -0.2) is 52.6 Å². The maximum absolute atomic E-state index is 12.5. The van der Waals surface area contributed by atoms with Gasteiger partial charge in [-0.15, -0.1) is 0 Å². The van der Waals surface area contributed by atoms with Crippen LogP contribution in [0.25, 0.3) is 0 Å². The maximum Gasteiger partial charge on any atom is 0.253 e. The molecule has 0 saturated carbocycles. The highest BCUT2D eigenvalue weighted by atomic mass is 32.2. The molecule has 1 aliphatic heterocycles. The Morgan fingerprint density at radius 1 is 1.35 bits per heavy atom. The van der Waals surface area contributed by atoms with Crippen molar-refractivity contribution in [3.05, 3.63) is 29.8 Å². The molecule has 0 aromatic heterocycles. The number of nitrogens with zero attached hydrogens (tertiary/aromatic N) is 1. The van der Waals surface area contributed by atoms with Crippen LogP contribution < -0.4 is 4.72 Å². The van der Waals surface area contributed by atoms with E-state index in [1.807, 2.05) is 4.90 Å². The monoisotopic (exact) mass is 340 g/mol. The molecule has 1 saturated heterocycles. The largest absolute Gasteiger partial charge is 0.383 e. The van der Waals surface area contributed by atoms with E-state index in [-0.39, 0.29) is 17.3 Å². The van der Waals surface area contributed by atoms with Crippen LogP contribution >= 0.6 is 0 Å². The molecule has 1 aromatic rings. The van der Waals surface area contributed by atoms with Crippen LogP contribution in [0.5, 0.6) is 0 Å². The number of hydrogen-bond acceptors (Lipinski definition) is 4. The summed E-state index contributed by atoms with van der Waals surface area (Å²) in [6.45, 7) is 4.19. The second-order valence-electron chi connectivity index (χ2n) is 5.91. The zero-order chi connectivity index (χ0) is 16.9. The van der Waals surface area contributed by atoms with Gasteiger partial charge in [0.25, 0.3) is 5.91 Å². The van der Waals surface area contributed by atoms with Crippen molar-refractivity contribution < 1.29 is 17.9 Å². The van der Waals surface area contributed by atoms with Crippen molar-refractivity contribution >= 4 is 15.9 Å². The Morgan fingerprint density at radius 2 is 2.04 bits per heavy atom. The van der Waals surface area contributed by atoms with Crippen LogP contribution in [0, 0.1) is 5.92 Å². The zero-order valence-electron chi connectivity index (χ0n) is 13.6. The number of piperidine rings is 1. The fraction of sp³-hybridized carbons (Fsp3) is 0.562. The molecule has 7 heteroatoms. The predicted molar refractivity (Wildman–Crippen MR) is 87.8 cm³/mol. The lowest BCUT2D eigenvalue weighted by Crippen LogP contribution is -2.39. The molecule has 1 aliphatic rings. The number of nitrogens with one attached hydrogen (secondary N) is 1. The SMILES string of the molecule is COCCNS(=O)(=O)c1ccc(C(=O)N2CCC[C@@H](C)C2)cc1. The number of benzene rings is 1. The first-order valence-electron chi connectivity index (χ1n) is 7.82. The third-order valence-electron chi connectivity index (χ3n) is 3.95. The molecule has 2 rings (SSSR count). The van der Waals surface area contributed by atoms with Crippen molar-refractivity contribution in [3.8, 4) is 0 Å². The van der Waals surface area contributed by atoms with Gasteiger partial charge in [-0.3, -0.25) is 4.79 Å². The topological polar surface area (TPSA) is 75.7 Å². The number of carbonyl (C=O) groups excluding carboxylic acids is 1. The third-order valence-corrected chi connectivity index (χ3v) is 5.43. The van der Waals surface area contributed by atoms with Crippen molar-refractivity contribution in [1.29, 1.82) is 0 Å². The number of carbonyl (C=O) groups is 1. The summed E-state index contributed by atoms with van der Waals surface area (Å²) in [5.74, 6) is 0.477. The van der Waals surface area contributed by atoms with Gasteiger partial charge in [-0.25, -0.2) is 13.1 Å². The molecule has 0 spiro atoms. The van der Waals surface area contributed by atoms with Gasteiger partial charge in [0.2, 0.25) is 10.0 Å². The molecule has 1 aromatic carbocycles. The average molecular weight is 340 g/mol. The van der Waals surface area contributed by atoms with Crippen LogP contribution in [0.15, 0.2) is 29.2 Å². The Balaban J connectivity index is 2.05. The molecule has 0 radical (unpaired) electrons. The number of likely N-dealkylation sites (tertiary alicyclic amines) is 1. The first-order valence-corrected chi connectivity index (χ1v) is 9.30. The summed E-state index contributed by atoms with van der Waals surface area (Å²) >= 11 is 0. The van der Waals surface area contributed by atoms with Gasteiger partial charge in [0.05, 0.1) is 11.5 Å². The van der Waals surface area contributed by atoms with E-state index in [2.05, 4.69) is 11.6 Å².